The number of nitriles is 1. The molecule has 2 aromatic heterocycles. The van der Waals surface area contributed by atoms with Gasteiger partial charge in [0.25, 0.3) is 0 Å². The Kier molecular flexibility index (Phi) is 3.02. The number of hydrogen-bond acceptors (Lipinski definition) is 4. The fourth-order valence-corrected chi connectivity index (χ4v) is 3.84. The molecule has 1 aliphatic rings. The minimum Gasteiger partial charge on any atom is -0.216 e. The zero-order valence-electron chi connectivity index (χ0n) is 12.6. The van der Waals surface area contributed by atoms with E-state index in [9.17, 15) is 5.26 Å². The minimum atomic E-state index is 0.542. The molecule has 0 atom stereocenters. The quantitative estimate of drug-likeness (QED) is 0.712. The van der Waals surface area contributed by atoms with Crippen molar-refractivity contribution in [2.75, 3.05) is 0 Å². The second-order valence-corrected chi connectivity index (χ2v) is 6.97. The Morgan fingerprint density at radius 1 is 1.27 bits per heavy atom. The summed E-state index contributed by atoms with van der Waals surface area (Å²) >= 11 is 1.62. The van der Waals surface area contributed by atoms with Crippen molar-refractivity contribution in [1.82, 2.24) is 14.6 Å². The lowest BCUT2D eigenvalue weighted by Crippen LogP contribution is -2.08. The van der Waals surface area contributed by atoms with Crippen molar-refractivity contribution in [3.8, 4) is 17.3 Å². The number of aromatic nitrogens is 3. The molecule has 0 amide bonds. The van der Waals surface area contributed by atoms with Crippen LogP contribution in [0.4, 0.5) is 0 Å². The molecule has 110 valence electrons. The van der Waals surface area contributed by atoms with Crippen molar-refractivity contribution in [2.45, 2.75) is 39.0 Å². The van der Waals surface area contributed by atoms with E-state index in [0.29, 0.717) is 11.6 Å². The predicted octanol–water partition coefficient (Wildman–Crippen LogP) is 4.21. The van der Waals surface area contributed by atoms with Crippen LogP contribution >= 0.6 is 11.3 Å². The van der Waals surface area contributed by atoms with Gasteiger partial charge in [-0.05, 0) is 43.9 Å². The molecule has 1 fully saturated rings. The Bertz CT molecular complexity index is 909. The van der Waals surface area contributed by atoms with Gasteiger partial charge < -0.3 is 0 Å². The number of rotatable bonds is 2. The van der Waals surface area contributed by atoms with E-state index < -0.39 is 0 Å². The maximum atomic E-state index is 9.56. The van der Waals surface area contributed by atoms with E-state index in [1.54, 1.807) is 15.9 Å². The molecule has 22 heavy (non-hydrogen) atoms. The van der Waals surface area contributed by atoms with Crippen LogP contribution in [0.1, 0.15) is 47.0 Å². The van der Waals surface area contributed by atoms with Gasteiger partial charge in [0.2, 0.25) is 4.96 Å². The van der Waals surface area contributed by atoms with Crippen LogP contribution in [0.15, 0.2) is 18.2 Å². The molecular formula is C17H16N4S. The molecule has 3 aromatic rings. The van der Waals surface area contributed by atoms with Crippen LogP contribution < -0.4 is 0 Å². The van der Waals surface area contributed by atoms with Crippen LogP contribution in [0.25, 0.3) is 16.2 Å². The smallest absolute Gasteiger partial charge is 0.214 e. The average molecular weight is 308 g/mol. The summed E-state index contributed by atoms with van der Waals surface area (Å²) in [6, 6.07) is 8.48. The topological polar surface area (TPSA) is 54.0 Å². The van der Waals surface area contributed by atoms with Crippen molar-refractivity contribution in [1.29, 1.82) is 5.26 Å². The summed E-state index contributed by atoms with van der Waals surface area (Å²) in [6.07, 6.45) is 3.71. The lowest BCUT2D eigenvalue weighted by atomic mass is 9.86. The summed E-state index contributed by atoms with van der Waals surface area (Å²) in [5, 5.41) is 15.3. The summed E-state index contributed by atoms with van der Waals surface area (Å²) in [7, 11) is 0. The van der Waals surface area contributed by atoms with Gasteiger partial charge in [0.05, 0.1) is 0 Å². The molecule has 4 nitrogen and oxygen atoms in total. The van der Waals surface area contributed by atoms with E-state index in [4.69, 9.17) is 0 Å². The van der Waals surface area contributed by atoms with Gasteiger partial charge in [0, 0.05) is 11.5 Å². The first-order valence-corrected chi connectivity index (χ1v) is 8.36. The molecular weight excluding hydrogens is 292 g/mol. The molecule has 0 bridgehead atoms. The number of imidazole rings is 1. The van der Waals surface area contributed by atoms with Gasteiger partial charge in [-0.25, -0.2) is 4.98 Å². The third-order valence-corrected chi connectivity index (χ3v) is 5.63. The lowest BCUT2D eigenvalue weighted by molar-refractivity contribution is 0.415. The average Bonchev–Trinajstić information content (AvgIpc) is 2.97. The highest BCUT2D eigenvalue weighted by Crippen LogP contribution is 2.39. The van der Waals surface area contributed by atoms with Crippen LogP contribution in [0.5, 0.6) is 0 Å². The molecule has 0 unspecified atom stereocenters. The number of nitrogens with zero attached hydrogens (tertiary/aromatic N) is 4. The van der Waals surface area contributed by atoms with E-state index in [2.05, 4.69) is 42.1 Å². The third-order valence-electron chi connectivity index (χ3n) is 4.56. The fraction of sp³-hybridized carbons (Fsp3) is 0.353. The summed E-state index contributed by atoms with van der Waals surface area (Å²) < 4.78 is 1.73. The van der Waals surface area contributed by atoms with E-state index >= 15 is 0 Å². The lowest BCUT2D eigenvalue weighted by Gasteiger charge is -2.21. The third kappa shape index (κ3) is 1.95. The molecule has 5 heteroatoms. The largest absolute Gasteiger partial charge is 0.216 e. The predicted molar refractivity (Wildman–Crippen MR) is 87.1 cm³/mol. The van der Waals surface area contributed by atoms with Crippen molar-refractivity contribution < 1.29 is 0 Å². The van der Waals surface area contributed by atoms with Gasteiger partial charge in [0.1, 0.15) is 16.8 Å². The van der Waals surface area contributed by atoms with Gasteiger partial charge in [-0.15, -0.1) is 0 Å². The highest BCUT2D eigenvalue weighted by molar-refractivity contribution is 7.16. The van der Waals surface area contributed by atoms with Crippen LogP contribution in [-0.2, 0) is 0 Å². The molecule has 0 spiro atoms. The molecule has 1 aliphatic carbocycles. The van der Waals surface area contributed by atoms with Gasteiger partial charge in [0.15, 0.2) is 5.69 Å². The SMILES string of the molecule is Cc1ccc(-c2nc3sc(C4CCC4)nn3c2C#N)cc1C. The summed E-state index contributed by atoms with van der Waals surface area (Å²) in [4.78, 5) is 5.51. The second-order valence-electron chi connectivity index (χ2n) is 5.98. The van der Waals surface area contributed by atoms with Gasteiger partial charge >= 0.3 is 0 Å². The van der Waals surface area contributed by atoms with Crippen LogP contribution in [0.2, 0.25) is 0 Å². The molecule has 0 radical (unpaired) electrons. The van der Waals surface area contributed by atoms with Gasteiger partial charge in [-0.2, -0.15) is 14.9 Å². The first-order chi connectivity index (χ1) is 10.7. The first kappa shape index (κ1) is 13.5. The summed E-state index contributed by atoms with van der Waals surface area (Å²) in [5.41, 5.74) is 4.72. The van der Waals surface area contributed by atoms with E-state index in [0.717, 1.165) is 21.2 Å². The zero-order chi connectivity index (χ0) is 15.3. The summed E-state index contributed by atoms with van der Waals surface area (Å²) in [6.45, 7) is 4.17. The second kappa shape index (κ2) is 4.92. The number of fused-ring (bicyclic) bond motifs is 1. The Labute approximate surface area is 133 Å². The zero-order valence-corrected chi connectivity index (χ0v) is 13.4. The molecule has 0 saturated heterocycles. The van der Waals surface area contributed by atoms with Crippen molar-refractivity contribution in [2.24, 2.45) is 0 Å². The van der Waals surface area contributed by atoms with Gasteiger partial charge in [-0.1, -0.05) is 29.9 Å². The van der Waals surface area contributed by atoms with Crippen LogP contribution in [0, 0.1) is 25.2 Å². The Balaban J connectivity index is 1.85. The van der Waals surface area contributed by atoms with Crippen LogP contribution in [-0.4, -0.2) is 14.6 Å². The summed E-state index contributed by atoms with van der Waals surface area (Å²) in [5.74, 6) is 0.573. The number of benzene rings is 1. The van der Waals surface area contributed by atoms with Crippen molar-refractivity contribution >= 4 is 16.3 Å². The van der Waals surface area contributed by atoms with Gasteiger partial charge in [-0.3, -0.25) is 0 Å². The van der Waals surface area contributed by atoms with Crippen molar-refractivity contribution in [3.63, 3.8) is 0 Å². The molecule has 0 N–H and O–H groups in total. The Morgan fingerprint density at radius 3 is 2.73 bits per heavy atom. The van der Waals surface area contributed by atoms with E-state index in [1.807, 2.05) is 6.07 Å². The monoisotopic (exact) mass is 308 g/mol. The number of aryl methyl sites for hydroxylation is 2. The highest BCUT2D eigenvalue weighted by atomic mass is 32.1. The van der Waals surface area contributed by atoms with Crippen molar-refractivity contribution in [3.05, 3.63) is 40.0 Å². The number of hydrogen-bond donors (Lipinski definition) is 0. The maximum absolute atomic E-state index is 9.56. The standard InChI is InChI=1S/C17H16N4S/c1-10-6-7-13(8-11(10)2)15-14(9-18)21-17(19-15)22-16(20-21)12-4-3-5-12/h6-8,12H,3-5H2,1-2H3. The fourth-order valence-electron chi connectivity index (χ4n) is 2.77. The molecule has 1 saturated carbocycles. The molecule has 2 heterocycles. The first-order valence-electron chi connectivity index (χ1n) is 7.54. The Morgan fingerprint density at radius 2 is 2.09 bits per heavy atom. The van der Waals surface area contributed by atoms with Crippen LogP contribution in [0.3, 0.4) is 0 Å². The van der Waals surface area contributed by atoms with E-state index in [-0.39, 0.29) is 0 Å². The van der Waals surface area contributed by atoms with E-state index in [1.165, 1.54) is 30.4 Å². The molecule has 4 rings (SSSR count). The highest BCUT2D eigenvalue weighted by Gasteiger charge is 2.26. The molecule has 0 aliphatic heterocycles. The Hall–Kier alpha value is -2.19. The molecule has 1 aromatic carbocycles. The normalized spacial score (nSPS) is 15.0. The maximum Gasteiger partial charge on any atom is 0.214 e. The minimum absolute atomic E-state index is 0.542.